The Morgan fingerprint density at radius 3 is 2.83 bits per heavy atom. The van der Waals surface area contributed by atoms with E-state index in [-0.39, 0.29) is 12.6 Å². The van der Waals surface area contributed by atoms with Gasteiger partial charge in [-0.25, -0.2) is 4.79 Å². The van der Waals surface area contributed by atoms with Crippen LogP contribution in [0.4, 0.5) is 4.79 Å². The smallest absolute Gasteiger partial charge is 0.314 e. The number of aromatic nitrogens is 1. The summed E-state index contributed by atoms with van der Waals surface area (Å²) in [5, 5.41) is 17.1. The van der Waals surface area contributed by atoms with E-state index in [1.807, 2.05) is 12.1 Å². The third-order valence-electron chi connectivity index (χ3n) is 4.54. The molecule has 0 atom stereocenters. The van der Waals surface area contributed by atoms with Gasteiger partial charge in [-0.2, -0.15) is 0 Å². The number of rotatable bonds is 6. The fourth-order valence-corrected chi connectivity index (χ4v) is 3.02. The van der Waals surface area contributed by atoms with Crippen molar-refractivity contribution in [2.24, 2.45) is 0 Å². The van der Waals surface area contributed by atoms with Gasteiger partial charge in [0.15, 0.2) is 0 Å². The second-order valence-corrected chi connectivity index (χ2v) is 6.37. The number of hydrogen-bond acceptors (Lipinski definition) is 3. The first-order chi connectivity index (χ1) is 11.7. The van der Waals surface area contributed by atoms with Crippen LogP contribution in [0, 0.1) is 0 Å². The first kappa shape index (κ1) is 16.8. The van der Waals surface area contributed by atoms with E-state index < -0.39 is 5.60 Å². The molecule has 24 heavy (non-hydrogen) atoms. The summed E-state index contributed by atoms with van der Waals surface area (Å²) in [7, 11) is 0. The number of amides is 2. The van der Waals surface area contributed by atoms with Crippen LogP contribution in [-0.2, 0) is 11.3 Å². The van der Waals surface area contributed by atoms with Gasteiger partial charge in [-0.3, -0.25) is 0 Å². The number of nitrogens with one attached hydrogen (secondary N) is 2. The van der Waals surface area contributed by atoms with Crippen molar-refractivity contribution in [2.45, 2.75) is 31.4 Å². The number of ether oxygens (including phenoxy) is 1. The normalized spacial score (nSPS) is 16.9. The van der Waals surface area contributed by atoms with E-state index in [4.69, 9.17) is 4.74 Å². The minimum atomic E-state index is -0.834. The van der Waals surface area contributed by atoms with Gasteiger partial charge < -0.3 is 25.0 Å². The molecule has 2 heterocycles. The van der Waals surface area contributed by atoms with Crippen LogP contribution in [0.25, 0.3) is 10.9 Å². The number of benzene rings is 1. The van der Waals surface area contributed by atoms with Gasteiger partial charge in [0, 0.05) is 57.4 Å². The van der Waals surface area contributed by atoms with Crippen molar-refractivity contribution in [3.63, 3.8) is 0 Å². The molecule has 3 N–H and O–H groups in total. The van der Waals surface area contributed by atoms with Crippen LogP contribution in [0.5, 0.6) is 0 Å². The van der Waals surface area contributed by atoms with Gasteiger partial charge in [-0.05, 0) is 23.9 Å². The van der Waals surface area contributed by atoms with Gasteiger partial charge >= 0.3 is 6.03 Å². The second-order valence-electron chi connectivity index (χ2n) is 6.37. The van der Waals surface area contributed by atoms with E-state index in [9.17, 15) is 9.90 Å². The van der Waals surface area contributed by atoms with Crippen molar-refractivity contribution < 1.29 is 14.6 Å². The maximum atomic E-state index is 11.8. The number of nitrogens with zero attached hydrogens (tertiary/aromatic N) is 1. The number of aliphatic hydroxyl groups is 1. The molecule has 1 fully saturated rings. The molecule has 1 aliphatic rings. The molecular weight excluding hydrogens is 306 g/mol. The van der Waals surface area contributed by atoms with Crippen LogP contribution in [0.15, 0.2) is 36.5 Å². The summed E-state index contributed by atoms with van der Waals surface area (Å²) in [6.45, 7) is 2.81. The predicted octanol–water partition coefficient (Wildman–Crippen LogP) is 1.87. The molecule has 2 amide bonds. The molecule has 0 bridgehead atoms. The van der Waals surface area contributed by atoms with Crippen LogP contribution in [0.2, 0.25) is 0 Å². The number of urea groups is 1. The van der Waals surface area contributed by atoms with Gasteiger partial charge in [0.1, 0.15) is 0 Å². The van der Waals surface area contributed by atoms with Crippen molar-refractivity contribution in [3.8, 4) is 0 Å². The first-order valence-electron chi connectivity index (χ1n) is 8.52. The maximum Gasteiger partial charge on any atom is 0.314 e. The SMILES string of the molecule is O=C(NCCCn1ccc2ccccc21)NCC1(O)CCOCC1. The van der Waals surface area contributed by atoms with Crippen molar-refractivity contribution in [2.75, 3.05) is 26.3 Å². The number of hydrogen-bond donors (Lipinski definition) is 3. The summed E-state index contributed by atoms with van der Waals surface area (Å²) >= 11 is 0. The zero-order valence-corrected chi connectivity index (χ0v) is 13.8. The van der Waals surface area contributed by atoms with E-state index in [0.29, 0.717) is 32.6 Å². The molecule has 130 valence electrons. The second kappa shape index (κ2) is 7.68. The van der Waals surface area contributed by atoms with Crippen molar-refractivity contribution in [1.82, 2.24) is 15.2 Å². The minimum Gasteiger partial charge on any atom is -0.388 e. The standard InChI is InChI=1S/C18H25N3O3/c22-17(20-14-18(23)7-12-24-13-8-18)19-9-3-10-21-11-6-15-4-1-2-5-16(15)21/h1-2,4-6,11,23H,3,7-10,12-14H2,(H2,19,20,22). The lowest BCUT2D eigenvalue weighted by molar-refractivity contribution is -0.0600. The molecule has 1 saturated heterocycles. The third-order valence-corrected chi connectivity index (χ3v) is 4.54. The molecule has 3 rings (SSSR count). The number of carbonyl (C=O) groups excluding carboxylic acids is 1. The number of carbonyl (C=O) groups is 1. The fraction of sp³-hybridized carbons (Fsp3) is 0.500. The summed E-state index contributed by atoms with van der Waals surface area (Å²) in [5.74, 6) is 0. The average Bonchev–Trinajstić information content (AvgIpc) is 3.01. The molecule has 0 saturated carbocycles. The number of aryl methyl sites for hydroxylation is 1. The Morgan fingerprint density at radius 1 is 1.21 bits per heavy atom. The highest BCUT2D eigenvalue weighted by Crippen LogP contribution is 2.19. The van der Waals surface area contributed by atoms with Crippen molar-refractivity contribution in [1.29, 1.82) is 0 Å². The molecule has 6 heteroatoms. The van der Waals surface area contributed by atoms with Gasteiger partial charge in [-0.15, -0.1) is 0 Å². The topological polar surface area (TPSA) is 75.5 Å². The predicted molar refractivity (Wildman–Crippen MR) is 93.0 cm³/mol. The number of fused-ring (bicyclic) bond motifs is 1. The van der Waals surface area contributed by atoms with Crippen LogP contribution in [0.1, 0.15) is 19.3 Å². The molecule has 0 spiro atoms. The molecular formula is C18H25N3O3. The maximum absolute atomic E-state index is 11.8. The first-order valence-corrected chi connectivity index (χ1v) is 8.52. The average molecular weight is 331 g/mol. The molecule has 1 aliphatic heterocycles. The number of para-hydroxylation sites is 1. The molecule has 1 aromatic heterocycles. The molecule has 1 aromatic carbocycles. The van der Waals surface area contributed by atoms with E-state index in [0.717, 1.165) is 13.0 Å². The van der Waals surface area contributed by atoms with Crippen LogP contribution in [0.3, 0.4) is 0 Å². The molecule has 0 aliphatic carbocycles. The third kappa shape index (κ3) is 4.27. The van der Waals surface area contributed by atoms with Crippen LogP contribution < -0.4 is 10.6 Å². The van der Waals surface area contributed by atoms with E-state index in [1.54, 1.807) is 0 Å². The van der Waals surface area contributed by atoms with E-state index in [1.165, 1.54) is 10.9 Å². The van der Waals surface area contributed by atoms with Crippen LogP contribution in [-0.4, -0.2) is 47.6 Å². The zero-order valence-electron chi connectivity index (χ0n) is 13.8. The molecule has 6 nitrogen and oxygen atoms in total. The van der Waals surface area contributed by atoms with E-state index in [2.05, 4.69) is 39.6 Å². The summed E-state index contributed by atoms with van der Waals surface area (Å²) in [6.07, 6.45) is 4.05. The zero-order chi connectivity index (χ0) is 16.8. The van der Waals surface area contributed by atoms with Crippen molar-refractivity contribution >= 4 is 16.9 Å². The summed E-state index contributed by atoms with van der Waals surface area (Å²) < 4.78 is 7.42. The lowest BCUT2D eigenvalue weighted by Gasteiger charge is -2.32. The van der Waals surface area contributed by atoms with E-state index >= 15 is 0 Å². The molecule has 0 radical (unpaired) electrons. The highest BCUT2D eigenvalue weighted by atomic mass is 16.5. The lowest BCUT2D eigenvalue weighted by atomic mass is 9.94. The molecule has 2 aromatic rings. The van der Waals surface area contributed by atoms with Crippen molar-refractivity contribution in [3.05, 3.63) is 36.5 Å². The highest BCUT2D eigenvalue weighted by Gasteiger charge is 2.29. The Labute approximate surface area is 141 Å². The Kier molecular flexibility index (Phi) is 5.37. The van der Waals surface area contributed by atoms with Gasteiger partial charge in [0.05, 0.1) is 5.60 Å². The van der Waals surface area contributed by atoms with Crippen LogP contribution >= 0.6 is 0 Å². The fourth-order valence-electron chi connectivity index (χ4n) is 3.02. The summed E-state index contributed by atoms with van der Waals surface area (Å²) in [6, 6.07) is 10.1. The monoisotopic (exact) mass is 331 g/mol. The lowest BCUT2D eigenvalue weighted by Crippen LogP contribution is -2.49. The Balaban J connectivity index is 1.36. The Bertz CT molecular complexity index is 677. The molecule has 0 unspecified atom stereocenters. The highest BCUT2D eigenvalue weighted by molar-refractivity contribution is 5.79. The quantitative estimate of drug-likeness (QED) is 0.708. The van der Waals surface area contributed by atoms with Gasteiger partial charge in [-0.1, -0.05) is 18.2 Å². The Morgan fingerprint density at radius 2 is 2.00 bits per heavy atom. The summed E-state index contributed by atoms with van der Waals surface area (Å²) in [5.41, 5.74) is 0.378. The summed E-state index contributed by atoms with van der Waals surface area (Å²) in [4.78, 5) is 11.8. The van der Waals surface area contributed by atoms with Gasteiger partial charge in [0.2, 0.25) is 0 Å². The minimum absolute atomic E-state index is 0.229. The Hall–Kier alpha value is -2.05. The van der Waals surface area contributed by atoms with Gasteiger partial charge in [0.25, 0.3) is 0 Å². The largest absolute Gasteiger partial charge is 0.388 e.